The van der Waals surface area contributed by atoms with Crippen molar-refractivity contribution in [2.75, 3.05) is 6.26 Å². The van der Waals surface area contributed by atoms with Gasteiger partial charge in [-0.1, -0.05) is 24.3 Å². The van der Waals surface area contributed by atoms with Crippen LogP contribution in [0.15, 0.2) is 53.4 Å². The van der Waals surface area contributed by atoms with E-state index in [-0.39, 0.29) is 5.69 Å². The first-order valence-corrected chi connectivity index (χ1v) is 7.37. The summed E-state index contributed by atoms with van der Waals surface area (Å²) in [7, 11) is 0. The van der Waals surface area contributed by atoms with Gasteiger partial charge in [0.2, 0.25) is 0 Å². The number of nitro groups is 1. The molecule has 0 atom stereocenters. The summed E-state index contributed by atoms with van der Waals surface area (Å²) in [6.45, 7) is 0. The van der Waals surface area contributed by atoms with Crippen LogP contribution in [0.3, 0.4) is 0 Å². The zero-order valence-corrected chi connectivity index (χ0v) is 12.1. The summed E-state index contributed by atoms with van der Waals surface area (Å²) in [6.07, 6.45) is 3.72. The molecule has 0 N–H and O–H groups in total. The first kappa shape index (κ1) is 14.8. The number of nitrogens with zero attached hydrogens (tertiary/aromatic N) is 2. The lowest BCUT2D eigenvalue weighted by atomic mass is 10.0. The highest BCUT2D eigenvalue weighted by Gasteiger charge is 2.08. The maximum atomic E-state index is 10.8. The summed E-state index contributed by atoms with van der Waals surface area (Å²) >= 11 is 1.64. The summed E-state index contributed by atoms with van der Waals surface area (Å²) < 4.78 is 0. The van der Waals surface area contributed by atoms with Crippen LogP contribution in [-0.4, -0.2) is 11.2 Å². The Bertz CT molecular complexity index is 731. The Balaban J connectivity index is 2.38. The van der Waals surface area contributed by atoms with Crippen LogP contribution in [0.25, 0.3) is 11.6 Å². The SMILES string of the molecule is CSc1ccc(/C=C(\C#N)c2cccc([N+](=O)[O-])c2)cc1. The Morgan fingerprint density at radius 2 is 2.00 bits per heavy atom. The zero-order chi connectivity index (χ0) is 15.2. The van der Waals surface area contributed by atoms with Gasteiger partial charge in [0.1, 0.15) is 0 Å². The van der Waals surface area contributed by atoms with Crippen molar-refractivity contribution in [3.05, 3.63) is 69.8 Å². The molecule has 0 unspecified atom stereocenters. The van der Waals surface area contributed by atoms with Crippen molar-refractivity contribution < 1.29 is 4.92 Å². The van der Waals surface area contributed by atoms with Crippen molar-refractivity contribution in [1.82, 2.24) is 0 Å². The maximum absolute atomic E-state index is 10.8. The molecule has 0 fully saturated rings. The van der Waals surface area contributed by atoms with Gasteiger partial charge < -0.3 is 0 Å². The molecule has 0 radical (unpaired) electrons. The van der Waals surface area contributed by atoms with Gasteiger partial charge in [0, 0.05) is 17.0 Å². The van der Waals surface area contributed by atoms with Gasteiger partial charge >= 0.3 is 0 Å². The third-order valence-corrected chi connectivity index (χ3v) is 3.66. The Labute approximate surface area is 126 Å². The van der Waals surface area contributed by atoms with Crippen LogP contribution in [0, 0.1) is 21.4 Å². The van der Waals surface area contributed by atoms with Crippen LogP contribution in [0.2, 0.25) is 0 Å². The molecular weight excluding hydrogens is 284 g/mol. The molecule has 0 heterocycles. The van der Waals surface area contributed by atoms with Gasteiger partial charge in [0.25, 0.3) is 5.69 Å². The molecule has 0 aromatic heterocycles. The molecule has 0 saturated carbocycles. The molecule has 104 valence electrons. The van der Waals surface area contributed by atoms with Crippen LogP contribution >= 0.6 is 11.8 Å². The van der Waals surface area contributed by atoms with E-state index in [2.05, 4.69) is 6.07 Å². The smallest absolute Gasteiger partial charge is 0.258 e. The molecule has 2 aromatic carbocycles. The molecule has 0 amide bonds. The van der Waals surface area contributed by atoms with Gasteiger partial charge in [-0.05, 0) is 35.6 Å². The molecule has 4 nitrogen and oxygen atoms in total. The standard InChI is InChI=1S/C16H12N2O2S/c1-21-16-7-5-12(6-8-16)9-14(11-17)13-3-2-4-15(10-13)18(19)20/h2-10H,1H3/b14-9+. The quantitative estimate of drug-likeness (QED) is 0.276. The number of non-ortho nitro benzene ring substituents is 1. The molecule has 0 saturated heterocycles. The summed E-state index contributed by atoms with van der Waals surface area (Å²) in [5.41, 5.74) is 1.80. The van der Waals surface area contributed by atoms with Crippen molar-refractivity contribution in [1.29, 1.82) is 5.26 Å². The van der Waals surface area contributed by atoms with Crippen molar-refractivity contribution in [2.24, 2.45) is 0 Å². The second-order valence-electron chi connectivity index (χ2n) is 4.25. The number of benzene rings is 2. The fourth-order valence-corrected chi connectivity index (χ4v) is 2.24. The van der Waals surface area contributed by atoms with Gasteiger partial charge in [-0.2, -0.15) is 5.26 Å². The maximum Gasteiger partial charge on any atom is 0.270 e. The van der Waals surface area contributed by atoms with E-state index in [1.54, 1.807) is 30.0 Å². The summed E-state index contributed by atoms with van der Waals surface area (Å²) in [5.74, 6) is 0. The number of thioether (sulfide) groups is 1. The van der Waals surface area contributed by atoms with E-state index >= 15 is 0 Å². The molecule has 21 heavy (non-hydrogen) atoms. The van der Waals surface area contributed by atoms with E-state index in [1.807, 2.05) is 30.5 Å². The van der Waals surface area contributed by atoms with Crippen LogP contribution < -0.4 is 0 Å². The highest BCUT2D eigenvalue weighted by molar-refractivity contribution is 7.98. The second kappa shape index (κ2) is 6.73. The highest BCUT2D eigenvalue weighted by atomic mass is 32.2. The normalized spacial score (nSPS) is 11.0. The Morgan fingerprint density at radius 1 is 1.29 bits per heavy atom. The molecule has 2 aromatic rings. The average Bonchev–Trinajstić information content (AvgIpc) is 2.53. The zero-order valence-electron chi connectivity index (χ0n) is 11.3. The summed E-state index contributed by atoms with van der Waals surface area (Å²) in [4.78, 5) is 11.5. The predicted octanol–water partition coefficient (Wildman–Crippen LogP) is 4.38. The number of hydrogen-bond donors (Lipinski definition) is 0. The van der Waals surface area contributed by atoms with Crippen LogP contribution in [0.5, 0.6) is 0 Å². The van der Waals surface area contributed by atoms with Gasteiger partial charge in [-0.3, -0.25) is 10.1 Å². The van der Waals surface area contributed by atoms with E-state index in [4.69, 9.17) is 0 Å². The minimum absolute atomic E-state index is 0.0219. The number of nitriles is 1. The molecule has 0 aliphatic rings. The first-order valence-electron chi connectivity index (χ1n) is 6.14. The Morgan fingerprint density at radius 3 is 2.57 bits per heavy atom. The predicted molar refractivity (Wildman–Crippen MR) is 84.8 cm³/mol. The van der Waals surface area contributed by atoms with Gasteiger partial charge in [0.15, 0.2) is 0 Å². The number of rotatable bonds is 4. The topological polar surface area (TPSA) is 66.9 Å². The third-order valence-electron chi connectivity index (χ3n) is 2.92. The van der Waals surface area contributed by atoms with E-state index in [9.17, 15) is 15.4 Å². The number of allylic oxidation sites excluding steroid dienone is 1. The fraction of sp³-hybridized carbons (Fsp3) is 0.0625. The molecule has 0 aliphatic heterocycles. The third kappa shape index (κ3) is 3.71. The number of nitro benzene ring substituents is 1. The molecule has 0 spiro atoms. The number of hydrogen-bond acceptors (Lipinski definition) is 4. The molecule has 2 rings (SSSR count). The summed E-state index contributed by atoms with van der Waals surface area (Å²) in [5, 5.41) is 20.1. The van der Waals surface area contributed by atoms with Crippen molar-refractivity contribution >= 4 is 29.1 Å². The van der Waals surface area contributed by atoms with Gasteiger partial charge in [-0.15, -0.1) is 11.8 Å². The van der Waals surface area contributed by atoms with Crippen LogP contribution in [0.4, 0.5) is 5.69 Å². The van der Waals surface area contributed by atoms with Gasteiger partial charge in [0.05, 0.1) is 16.6 Å². The first-order chi connectivity index (χ1) is 10.1. The van der Waals surface area contributed by atoms with Gasteiger partial charge in [-0.25, -0.2) is 0 Å². The molecule has 5 heteroatoms. The lowest BCUT2D eigenvalue weighted by Crippen LogP contribution is -1.89. The fourth-order valence-electron chi connectivity index (χ4n) is 1.83. The second-order valence-corrected chi connectivity index (χ2v) is 5.13. The summed E-state index contributed by atoms with van der Waals surface area (Å²) in [6, 6.07) is 16.0. The lowest BCUT2D eigenvalue weighted by molar-refractivity contribution is -0.384. The minimum atomic E-state index is -0.467. The van der Waals surface area contributed by atoms with E-state index in [0.717, 1.165) is 10.5 Å². The largest absolute Gasteiger partial charge is 0.270 e. The monoisotopic (exact) mass is 296 g/mol. The Kier molecular flexibility index (Phi) is 4.75. The lowest BCUT2D eigenvalue weighted by Gasteiger charge is -2.01. The van der Waals surface area contributed by atoms with Crippen molar-refractivity contribution in [3.63, 3.8) is 0 Å². The molecule has 0 aliphatic carbocycles. The Hall–Kier alpha value is -2.58. The molecular formula is C16H12N2O2S. The average molecular weight is 296 g/mol. The van der Waals surface area contributed by atoms with E-state index in [0.29, 0.717) is 11.1 Å². The molecule has 0 bridgehead atoms. The van der Waals surface area contributed by atoms with E-state index in [1.165, 1.54) is 12.1 Å². The minimum Gasteiger partial charge on any atom is -0.258 e. The van der Waals surface area contributed by atoms with Crippen LogP contribution in [0.1, 0.15) is 11.1 Å². The van der Waals surface area contributed by atoms with Crippen molar-refractivity contribution in [3.8, 4) is 6.07 Å². The highest BCUT2D eigenvalue weighted by Crippen LogP contribution is 2.23. The van der Waals surface area contributed by atoms with Crippen LogP contribution in [-0.2, 0) is 0 Å². The van der Waals surface area contributed by atoms with E-state index < -0.39 is 4.92 Å². The van der Waals surface area contributed by atoms with Crippen molar-refractivity contribution in [2.45, 2.75) is 4.90 Å².